The Bertz CT molecular complexity index is 764. The van der Waals surface area contributed by atoms with Crippen molar-refractivity contribution in [3.8, 4) is 17.3 Å². The van der Waals surface area contributed by atoms with E-state index >= 15 is 0 Å². The number of ether oxygens (including phenoxy) is 2. The third-order valence-electron chi connectivity index (χ3n) is 3.67. The molecule has 0 amide bonds. The van der Waals surface area contributed by atoms with E-state index in [-0.39, 0.29) is 0 Å². The van der Waals surface area contributed by atoms with Crippen LogP contribution in [0.5, 0.6) is 11.5 Å². The first-order valence-electron chi connectivity index (χ1n) is 8.05. The first-order valence-corrected chi connectivity index (χ1v) is 8.05. The number of benzene rings is 1. The van der Waals surface area contributed by atoms with Gasteiger partial charge in [0.2, 0.25) is 0 Å². The lowest BCUT2D eigenvalue weighted by atomic mass is 10.2. The molecule has 0 atom stereocenters. The molecule has 124 valence electrons. The van der Waals surface area contributed by atoms with Gasteiger partial charge in [-0.25, -0.2) is 9.67 Å². The molecule has 5 nitrogen and oxygen atoms in total. The Balaban J connectivity index is 1.61. The lowest BCUT2D eigenvalue weighted by Gasteiger charge is -2.07. The molecule has 2 heterocycles. The minimum absolute atomic E-state index is 0.493. The minimum Gasteiger partial charge on any atom is -0.497 e. The molecule has 3 rings (SSSR count). The van der Waals surface area contributed by atoms with Crippen LogP contribution in [0.25, 0.3) is 5.82 Å². The van der Waals surface area contributed by atoms with Crippen LogP contribution in [0.3, 0.4) is 0 Å². The predicted octanol–water partition coefficient (Wildman–Crippen LogP) is 3.81. The van der Waals surface area contributed by atoms with E-state index in [1.165, 1.54) is 0 Å². The van der Waals surface area contributed by atoms with E-state index < -0.39 is 0 Å². The molecule has 0 aliphatic rings. The molecule has 0 saturated carbocycles. The summed E-state index contributed by atoms with van der Waals surface area (Å²) in [6.07, 6.45) is 5.73. The van der Waals surface area contributed by atoms with Crippen molar-refractivity contribution in [3.63, 3.8) is 0 Å². The van der Waals surface area contributed by atoms with Gasteiger partial charge in [0, 0.05) is 6.20 Å². The Labute approximate surface area is 141 Å². The zero-order valence-electron chi connectivity index (χ0n) is 14.0. The number of pyridine rings is 1. The van der Waals surface area contributed by atoms with Crippen LogP contribution in [0.1, 0.15) is 24.6 Å². The van der Waals surface area contributed by atoms with Crippen LogP contribution in [0.15, 0.2) is 54.9 Å². The Morgan fingerprint density at radius 3 is 2.46 bits per heavy atom. The summed E-state index contributed by atoms with van der Waals surface area (Å²) in [5, 5.41) is 4.51. The van der Waals surface area contributed by atoms with Crippen molar-refractivity contribution in [2.45, 2.75) is 26.4 Å². The number of hydrogen-bond acceptors (Lipinski definition) is 4. The first-order chi connectivity index (χ1) is 11.8. The third-order valence-corrected chi connectivity index (χ3v) is 3.67. The number of aryl methyl sites for hydroxylation is 1. The predicted molar refractivity (Wildman–Crippen MR) is 92.7 cm³/mol. The normalized spacial score (nSPS) is 10.6. The summed E-state index contributed by atoms with van der Waals surface area (Å²) < 4.78 is 12.7. The fourth-order valence-electron chi connectivity index (χ4n) is 2.36. The fourth-order valence-corrected chi connectivity index (χ4v) is 2.36. The van der Waals surface area contributed by atoms with Gasteiger partial charge in [-0.2, -0.15) is 5.10 Å². The molecule has 1 aromatic carbocycles. The minimum atomic E-state index is 0.493. The van der Waals surface area contributed by atoms with Crippen LogP contribution in [0.4, 0.5) is 0 Å². The van der Waals surface area contributed by atoms with Crippen molar-refractivity contribution < 1.29 is 9.47 Å². The van der Waals surface area contributed by atoms with E-state index in [1.807, 2.05) is 48.7 Å². The summed E-state index contributed by atoms with van der Waals surface area (Å²) in [6, 6.07) is 13.7. The van der Waals surface area contributed by atoms with E-state index in [2.05, 4.69) is 17.0 Å². The van der Waals surface area contributed by atoms with Gasteiger partial charge in [0.25, 0.3) is 0 Å². The van der Waals surface area contributed by atoms with Crippen molar-refractivity contribution >= 4 is 0 Å². The lowest BCUT2D eigenvalue weighted by molar-refractivity contribution is 0.304. The summed E-state index contributed by atoms with van der Waals surface area (Å²) in [4.78, 5) is 4.42. The summed E-state index contributed by atoms with van der Waals surface area (Å²) in [5.74, 6) is 2.36. The molecule has 0 aliphatic heterocycles. The van der Waals surface area contributed by atoms with Gasteiger partial charge in [0.15, 0.2) is 5.82 Å². The number of rotatable bonds is 7. The second kappa shape index (κ2) is 7.64. The van der Waals surface area contributed by atoms with Gasteiger partial charge in [0.05, 0.1) is 19.0 Å². The molecule has 0 aliphatic carbocycles. The van der Waals surface area contributed by atoms with Crippen LogP contribution < -0.4 is 9.47 Å². The Hall–Kier alpha value is -2.82. The van der Waals surface area contributed by atoms with Crippen LogP contribution in [-0.2, 0) is 13.0 Å². The van der Waals surface area contributed by atoms with Crippen molar-refractivity contribution in [1.82, 2.24) is 14.8 Å². The molecule has 0 radical (unpaired) electrons. The van der Waals surface area contributed by atoms with Crippen molar-refractivity contribution in [2.24, 2.45) is 0 Å². The van der Waals surface area contributed by atoms with Crippen LogP contribution >= 0.6 is 0 Å². The molecule has 2 aromatic heterocycles. The quantitative estimate of drug-likeness (QED) is 0.663. The number of methoxy groups -OCH3 is 1. The van der Waals surface area contributed by atoms with Gasteiger partial charge >= 0.3 is 0 Å². The second-order valence-corrected chi connectivity index (χ2v) is 5.49. The van der Waals surface area contributed by atoms with Crippen LogP contribution in [-0.4, -0.2) is 21.9 Å². The summed E-state index contributed by atoms with van der Waals surface area (Å²) >= 11 is 0. The van der Waals surface area contributed by atoms with Gasteiger partial charge in [-0.3, -0.25) is 0 Å². The number of hydrogen-bond donors (Lipinski definition) is 0. The summed E-state index contributed by atoms with van der Waals surface area (Å²) in [5.41, 5.74) is 2.16. The highest BCUT2D eigenvalue weighted by Gasteiger charge is 2.03. The molecule has 0 bridgehead atoms. The molecule has 0 unspecified atom stereocenters. The highest BCUT2D eigenvalue weighted by molar-refractivity contribution is 5.30. The average Bonchev–Trinajstić information content (AvgIpc) is 3.10. The monoisotopic (exact) mass is 323 g/mol. The molecular formula is C19H21N3O2. The van der Waals surface area contributed by atoms with Crippen LogP contribution in [0.2, 0.25) is 0 Å². The van der Waals surface area contributed by atoms with Crippen molar-refractivity contribution in [1.29, 1.82) is 0 Å². The van der Waals surface area contributed by atoms with Gasteiger partial charge in [-0.1, -0.05) is 25.5 Å². The van der Waals surface area contributed by atoms with E-state index in [9.17, 15) is 0 Å². The smallest absolute Gasteiger partial charge is 0.153 e. The highest BCUT2D eigenvalue weighted by atomic mass is 16.5. The molecule has 5 heteroatoms. The maximum absolute atomic E-state index is 5.77. The number of nitrogens with zero attached hydrogens (tertiary/aromatic N) is 3. The molecule has 3 aromatic rings. The topological polar surface area (TPSA) is 49.2 Å². The molecule has 0 spiro atoms. The van der Waals surface area contributed by atoms with Crippen molar-refractivity contribution in [2.75, 3.05) is 7.11 Å². The maximum atomic E-state index is 5.77. The Kier molecular flexibility index (Phi) is 5.11. The van der Waals surface area contributed by atoms with Crippen LogP contribution in [0, 0.1) is 0 Å². The van der Waals surface area contributed by atoms with E-state index in [0.29, 0.717) is 6.61 Å². The maximum Gasteiger partial charge on any atom is 0.153 e. The largest absolute Gasteiger partial charge is 0.497 e. The number of aromatic nitrogens is 3. The molecule has 24 heavy (non-hydrogen) atoms. The lowest BCUT2D eigenvalue weighted by Crippen LogP contribution is -2.00. The van der Waals surface area contributed by atoms with Crippen molar-refractivity contribution in [3.05, 3.63) is 66.1 Å². The third kappa shape index (κ3) is 3.93. The van der Waals surface area contributed by atoms with E-state index in [0.717, 1.165) is 41.4 Å². The van der Waals surface area contributed by atoms with Gasteiger partial charge < -0.3 is 9.47 Å². The standard InChI is InChI=1S/C19H21N3O2/c1-3-4-16-11-12-22(21-16)19-10-9-18(13-20-19)24-14-15-5-7-17(23-2)8-6-15/h5-13H,3-4,14H2,1-2H3. The first kappa shape index (κ1) is 16.1. The van der Waals surface area contributed by atoms with E-state index in [4.69, 9.17) is 9.47 Å². The Morgan fingerprint density at radius 2 is 1.79 bits per heavy atom. The molecular weight excluding hydrogens is 302 g/mol. The second-order valence-electron chi connectivity index (χ2n) is 5.49. The van der Waals surface area contributed by atoms with Gasteiger partial charge in [0.1, 0.15) is 18.1 Å². The van der Waals surface area contributed by atoms with Gasteiger partial charge in [-0.05, 0) is 42.3 Å². The fraction of sp³-hybridized carbons (Fsp3) is 0.263. The highest BCUT2D eigenvalue weighted by Crippen LogP contribution is 2.16. The Morgan fingerprint density at radius 1 is 1.00 bits per heavy atom. The summed E-state index contributed by atoms with van der Waals surface area (Å²) in [7, 11) is 1.66. The average molecular weight is 323 g/mol. The zero-order chi connectivity index (χ0) is 16.8. The molecule has 0 saturated heterocycles. The SMILES string of the molecule is CCCc1ccn(-c2ccc(OCc3ccc(OC)cc3)cn2)n1. The molecule has 0 N–H and O–H groups in total. The molecule has 0 fully saturated rings. The van der Waals surface area contributed by atoms with E-state index in [1.54, 1.807) is 18.0 Å². The van der Waals surface area contributed by atoms with Gasteiger partial charge in [-0.15, -0.1) is 0 Å². The zero-order valence-corrected chi connectivity index (χ0v) is 14.0. The summed E-state index contributed by atoms with van der Waals surface area (Å²) in [6.45, 7) is 2.64.